The molecule has 4 aromatic rings. The van der Waals surface area contributed by atoms with E-state index >= 15 is 0 Å². The molecule has 1 amide bonds. The molecule has 0 saturated heterocycles. The maximum absolute atomic E-state index is 13.4. The average molecular weight is 483 g/mol. The maximum atomic E-state index is 13.4. The second-order valence-electron chi connectivity index (χ2n) is 7.03. The van der Waals surface area contributed by atoms with E-state index in [-0.39, 0.29) is 19.0 Å². The molecule has 0 spiro atoms. The van der Waals surface area contributed by atoms with Crippen LogP contribution in [0, 0.1) is 0 Å². The Balaban J connectivity index is 1.56. The number of benzene rings is 2. The number of nitrogens with one attached hydrogen (secondary N) is 1. The van der Waals surface area contributed by atoms with Crippen LogP contribution in [0.5, 0.6) is 11.5 Å². The summed E-state index contributed by atoms with van der Waals surface area (Å²) in [5, 5.41) is 2.77. The Bertz CT molecular complexity index is 1480. The monoisotopic (exact) mass is 482 g/mol. The van der Waals surface area contributed by atoms with Gasteiger partial charge in [-0.3, -0.25) is 14.2 Å². The van der Waals surface area contributed by atoms with Gasteiger partial charge in [-0.25, -0.2) is 14.3 Å². The average Bonchev–Trinajstić information content (AvgIpc) is 3.45. The molecule has 1 aliphatic heterocycles. The molecule has 0 aliphatic carbocycles. The van der Waals surface area contributed by atoms with Gasteiger partial charge in [-0.1, -0.05) is 36.9 Å². The number of rotatable bonds is 6. The normalized spacial score (nSPS) is 12.3. The van der Waals surface area contributed by atoms with Crippen molar-refractivity contribution in [1.29, 1.82) is 0 Å². The fraction of sp³-hybridized carbons (Fsp3) is 0.182. The molecule has 9 nitrogen and oxygen atoms in total. The Kier molecular flexibility index (Phi) is 5.65. The molecular weight excluding hydrogens is 464 g/mol. The molecule has 3 heterocycles. The first-order valence-electron chi connectivity index (χ1n) is 10.1. The van der Waals surface area contributed by atoms with Gasteiger partial charge in [0.1, 0.15) is 11.2 Å². The molecule has 11 heteroatoms. The lowest BCUT2D eigenvalue weighted by Crippen LogP contribution is -2.40. The number of para-hydroxylation sites is 1. The second-order valence-corrected chi connectivity index (χ2v) is 9.54. The number of fused-ring (bicyclic) bond motifs is 2. The number of nitrogens with zero attached hydrogens (tertiary/aromatic N) is 3. The van der Waals surface area contributed by atoms with E-state index in [1.54, 1.807) is 48.5 Å². The fourth-order valence-corrected chi connectivity index (χ4v) is 5.44. The number of ether oxygens (including phenoxy) is 2. The van der Waals surface area contributed by atoms with Gasteiger partial charge in [-0.15, -0.1) is 11.3 Å². The van der Waals surface area contributed by atoms with E-state index in [9.17, 15) is 14.4 Å². The molecule has 5 rings (SSSR count). The van der Waals surface area contributed by atoms with Gasteiger partial charge in [0.15, 0.2) is 21.5 Å². The highest BCUT2D eigenvalue weighted by atomic mass is 32.2. The maximum Gasteiger partial charge on any atom is 0.337 e. The lowest BCUT2D eigenvalue weighted by atomic mass is 10.2. The molecule has 33 heavy (non-hydrogen) atoms. The number of carbonyl (C=O) groups is 1. The van der Waals surface area contributed by atoms with Crippen molar-refractivity contribution in [2.24, 2.45) is 0 Å². The first-order valence-corrected chi connectivity index (χ1v) is 11.9. The van der Waals surface area contributed by atoms with Crippen LogP contribution in [0.15, 0.2) is 62.5 Å². The highest BCUT2D eigenvalue weighted by Gasteiger charge is 2.21. The quantitative estimate of drug-likeness (QED) is 0.421. The number of thioether (sulfide) groups is 1. The summed E-state index contributed by atoms with van der Waals surface area (Å²) in [6.45, 7) is 1.80. The lowest BCUT2D eigenvalue weighted by molar-refractivity contribution is -0.116. The third-order valence-electron chi connectivity index (χ3n) is 4.91. The van der Waals surface area contributed by atoms with Gasteiger partial charge in [-0.05, 0) is 30.0 Å². The van der Waals surface area contributed by atoms with Crippen LogP contribution in [0.2, 0.25) is 0 Å². The highest BCUT2D eigenvalue weighted by molar-refractivity contribution is 8.01. The summed E-state index contributed by atoms with van der Waals surface area (Å²) in [5.74, 6) is 1.46. The Morgan fingerprint density at radius 1 is 1.15 bits per heavy atom. The Morgan fingerprint density at radius 3 is 2.73 bits per heavy atom. The standard InChI is InChI=1S/C22H18N4O5S2/c1-2-32-21-24-19-18(33-21)20(28)26(14-6-4-3-5-7-14)22(29)25(19)11-17(27)23-13-8-9-15-16(10-13)31-12-30-15/h3-10H,2,11-12H2,1H3,(H,23,27). The van der Waals surface area contributed by atoms with E-state index in [4.69, 9.17) is 9.47 Å². The first kappa shape index (κ1) is 21.3. The van der Waals surface area contributed by atoms with Crippen LogP contribution < -0.4 is 26.0 Å². The Hall–Kier alpha value is -3.57. The minimum Gasteiger partial charge on any atom is -0.454 e. The summed E-state index contributed by atoms with van der Waals surface area (Å²) in [6.07, 6.45) is 0. The lowest BCUT2D eigenvalue weighted by Gasteiger charge is -2.12. The van der Waals surface area contributed by atoms with E-state index in [1.807, 2.05) is 6.92 Å². The summed E-state index contributed by atoms with van der Waals surface area (Å²) < 4.78 is 13.9. The van der Waals surface area contributed by atoms with Gasteiger partial charge in [0.2, 0.25) is 12.7 Å². The summed E-state index contributed by atoms with van der Waals surface area (Å²) in [4.78, 5) is 43.9. The van der Waals surface area contributed by atoms with Gasteiger partial charge in [-0.2, -0.15) is 0 Å². The van der Waals surface area contributed by atoms with Gasteiger partial charge >= 0.3 is 5.69 Å². The minimum absolute atomic E-state index is 0.128. The van der Waals surface area contributed by atoms with E-state index in [1.165, 1.54) is 27.7 Å². The van der Waals surface area contributed by atoms with E-state index < -0.39 is 17.2 Å². The van der Waals surface area contributed by atoms with Crippen molar-refractivity contribution < 1.29 is 14.3 Å². The zero-order valence-corrected chi connectivity index (χ0v) is 19.1. The summed E-state index contributed by atoms with van der Waals surface area (Å²) in [7, 11) is 0. The van der Waals surface area contributed by atoms with E-state index in [2.05, 4.69) is 10.3 Å². The van der Waals surface area contributed by atoms with Crippen LogP contribution in [0.25, 0.3) is 16.0 Å². The number of carbonyl (C=O) groups excluding carboxylic acids is 1. The molecule has 0 fully saturated rings. The molecule has 0 saturated carbocycles. The third-order valence-corrected chi connectivity index (χ3v) is 6.96. The first-order chi connectivity index (χ1) is 16.0. The smallest absolute Gasteiger partial charge is 0.337 e. The SMILES string of the molecule is CCSc1nc2c(s1)c(=O)n(-c1ccccc1)c(=O)n2CC(=O)Nc1ccc2c(c1)OCO2. The van der Waals surface area contributed by atoms with Crippen molar-refractivity contribution in [2.45, 2.75) is 17.8 Å². The van der Waals surface area contributed by atoms with Gasteiger partial charge in [0, 0.05) is 11.8 Å². The largest absolute Gasteiger partial charge is 0.454 e. The zero-order valence-electron chi connectivity index (χ0n) is 17.4. The third kappa shape index (κ3) is 4.00. The van der Waals surface area contributed by atoms with E-state index in [0.29, 0.717) is 31.9 Å². The van der Waals surface area contributed by atoms with Crippen molar-refractivity contribution in [2.75, 3.05) is 17.9 Å². The van der Waals surface area contributed by atoms with Crippen LogP contribution in [-0.4, -0.2) is 32.6 Å². The van der Waals surface area contributed by atoms with Gasteiger partial charge < -0.3 is 14.8 Å². The number of anilines is 1. The van der Waals surface area contributed by atoms with Gasteiger partial charge in [0.25, 0.3) is 5.56 Å². The molecule has 0 bridgehead atoms. The van der Waals surface area contributed by atoms with Crippen molar-refractivity contribution in [3.05, 3.63) is 69.4 Å². The number of hydrogen-bond acceptors (Lipinski definition) is 8. The highest BCUT2D eigenvalue weighted by Crippen LogP contribution is 2.34. The molecule has 2 aromatic carbocycles. The van der Waals surface area contributed by atoms with Gasteiger partial charge in [0.05, 0.1) is 5.69 Å². The van der Waals surface area contributed by atoms with Crippen molar-refractivity contribution in [3.63, 3.8) is 0 Å². The van der Waals surface area contributed by atoms with Crippen molar-refractivity contribution >= 4 is 45.0 Å². The van der Waals surface area contributed by atoms with Crippen molar-refractivity contribution in [1.82, 2.24) is 14.1 Å². The number of aromatic nitrogens is 3. The molecule has 1 N–H and O–H groups in total. The fourth-order valence-electron chi connectivity index (χ4n) is 3.47. The zero-order chi connectivity index (χ0) is 22.9. The Labute approximate surface area is 195 Å². The molecule has 1 aliphatic rings. The molecule has 0 atom stereocenters. The predicted octanol–water partition coefficient (Wildman–Crippen LogP) is 3.09. The van der Waals surface area contributed by atoms with Crippen LogP contribution in [-0.2, 0) is 11.3 Å². The topological polar surface area (TPSA) is 104 Å². The number of amides is 1. The molecule has 168 valence electrons. The van der Waals surface area contributed by atoms with E-state index in [0.717, 1.165) is 10.3 Å². The minimum atomic E-state index is -0.627. The number of hydrogen-bond donors (Lipinski definition) is 1. The van der Waals surface area contributed by atoms with Crippen molar-refractivity contribution in [3.8, 4) is 17.2 Å². The Morgan fingerprint density at radius 2 is 1.94 bits per heavy atom. The van der Waals surface area contributed by atoms with Crippen LogP contribution in [0.4, 0.5) is 5.69 Å². The second kappa shape index (κ2) is 8.75. The van der Waals surface area contributed by atoms with Crippen LogP contribution in [0.1, 0.15) is 6.92 Å². The summed E-state index contributed by atoms with van der Waals surface area (Å²) in [6, 6.07) is 13.7. The summed E-state index contributed by atoms with van der Waals surface area (Å²) in [5.41, 5.74) is 0.0637. The molecule has 0 radical (unpaired) electrons. The molecule has 0 unspecified atom stereocenters. The summed E-state index contributed by atoms with van der Waals surface area (Å²) >= 11 is 2.70. The van der Waals surface area contributed by atoms with Crippen LogP contribution in [0.3, 0.4) is 0 Å². The van der Waals surface area contributed by atoms with Crippen LogP contribution >= 0.6 is 23.1 Å². The molecule has 2 aromatic heterocycles. The number of thiazole rings is 1. The molecular formula is C22H18N4O5S2. The predicted molar refractivity (Wildman–Crippen MR) is 127 cm³/mol.